The molecular formula is C54H32N4S. The number of thiophene rings is 1. The molecule has 0 amide bonds. The molecule has 59 heavy (non-hydrogen) atoms. The number of rotatable bonds is 5. The Labute approximate surface area is 343 Å². The largest absolute Gasteiger partial charge is 0.247 e. The minimum Gasteiger partial charge on any atom is -0.247 e. The van der Waals surface area contributed by atoms with E-state index in [9.17, 15) is 0 Å². The molecule has 12 rings (SSSR count). The third kappa shape index (κ3) is 5.58. The summed E-state index contributed by atoms with van der Waals surface area (Å²) in [6, 6.07) is 68.5. The maximum absolute atomic E-state index is 5.26. The first-order valence-electron chi connectivity index (χ1n) is 19.8. The van der Waals surface area contributed by atoms with E-state index in [2.05, 4.69) is 194 Å². The number of para-hydroxylation sites is 1. The van der Waals surface area contributed by atoms with Gasteiger partial charge >= 0.3 is 0 Å². The lowest BCUT2D eigenvalue weighted by Gasteiger charge is -2.12. The van der Waals surface area contributed by atoms with Crippen molar-refractivity contribution < 1.29 is 0 Å². The average Bonchev–Trinajstić information content (AvgIpc) is 3.70. The van der Waals surface area contributed by atoms with Gasteiger partial charge in [-0.3, -0.25) is 0 Å². The second-order valence-corrected chi connectivity index (χ2v) is 16.0. The summed E-state index contributed by atoms with van der Waals surface area (Å²) in [6.07, 6.45) is 0. The second kappa shape index (κ2) is 13.5. The van der Waals surface area contributed by atoms with Gasteiger partial charge in [-0.1, -0.05) is 182 Å². The number of benzene rings is 9. The van der Waals surface area contributed by atoms with Crippen LogP contribution in [0.2, 0.25) is 0 Å². The molecular weight excluding hydrogens is 737 g/mol. The van der Waals surface area contributed by atoms with Crippen LogP contribution in [-0.4, -0.2) is 19.9 Å². The standard InChI is InChI=1S/C54H32N4S/c1-3-15-39-35(11-1)13-9-19-43(39)53-56-52(57-54(58-53)44-20-10-14-36-12-2-4-16-40(36)44)38-29-25-34(26-30-38)33-23-27-37(28-24-33)50-46-32-31-42-41-17-6-8-22-48(41)59-51(42)49(46)45-18-5-7-21-47(45)55-50/h1-32H. The van der Waals surface area contributed by atoms with Crippen molar-refractivity contribution >= 4 is 74.7 Å². The van der Waals surface area contributed by atoms with E-state index in [0.29, 0.717) is 17.5 Å². The quantitative estimate of drug-likeness (QED) is 0.164. The van der Waals surface area contributed by atoms with Gasteiger partial charge in [0.1, 0.15) is 0 Å². The SMILES string of the molecule is c1ccc2c(-c3nc(-c4ccc(-c5ccc(-c6nc7ccccc7c7c6ccc6c8ccccc8sc67)cc5)cc4)nc(-c4cccc5ccccc45)n3)cccc2c1. The molecule has 0 fully saturated rings. The Kier molecular flexibility index (Phi) is 7.68. The van der Waals surface area contributed by atoms with E-state index in [-0.39, 0.29) is 0 Å². The maximum atomic E-state index is 5.26. The lowest BCUT2D eigenvalue weighted by Crippen LogP contribution is -2.01. The summed E-state index contributed by atoms with van der Waals surface area (Å²) >= 11 is 1.87. The minimum absolute atomic E-state index is 0.634. The van der Waals surface area contributed by atoms with Gasteiger partial charge in [-0.05, 0) is 44.8 Å². The van der Waals surface area contributed by atoms with Gasteiger partial charge in [0, 0.05) is 58.6 Å². The third-order valence-electron chi connectivity index (χ3n) is 11.5. The Morgan fingerprint density at radius 2 is 0.797 bits per heavy atom. The van der Waals surface area contributed by atoms with E-state index in [1.165, 1.54) is 36.3 Å². The monoisotopic (exact) mass is 768 g/mol. The molecule has 9 aromatic carbocycles. The van der Waals surface area contributed by atoms with E-state index in [0.717, 1.165) is 66.1 Å². The number of nitrogens with zero attached hydrogens (tertiary/aromatic N) is 4. The number of pyridine rings is 1. The highest BCUT2D eigenvalue weighted by Gasteiger charge is 2.18. The summed E-state index contributed by atoms with van der Waals surface area (Å²) in [5, 5.41) is 10.7. The summed E-state index contributed by atoms with van der Waals surface area (Å²) < 4.78 is 2.62. The fourth-order valence-electron chi connectivity index (χ4n) is 8.66. The summed E-state index contributed by atoms with van der Waals surface area (Å²) in [7, 11) is 0. The molecule has 0 spiro atoms. The molecule has 5 heteroatoms. The fraction of sp³-hybridized carbons (Fsp3) is 0. The van der Waals surface area contributed by atoms with Gasteiger partial charge in [0.05, 0.1) is 11.2 Å². The lowest BCUT2D eigenvalue weighted by molar-refractivity contribution is 1.08. The smallest absolute Gasteiger partial charge is 0.164 e. The summed E-state index contributed by atoms with van der Waals surface area (Å²) in [6.45, 7) is 0. The van der Waals surface area contributed by atoms with Crippen LogP contribution >= 0.6 is 11.3 Å². The highest BCUT2D eigenvalue weighted by Crippen LogP contribution is 2.43. The Hall–Kier alpha value is -7.60. The summed E-state index contributed by atoms with van der Waals surface area (Å²) in [4.78, 5) is 20.6. The van der Waals surface area contributed by atoms with Crippen LogP contribution in [0.3, 0.4) is 0 Å². The number of fused-ring (bicyclic) bond motifs is 9. The van der Waals surface area contributed by atoms with Gasteiger partial charge in [-0.2, -0.15) is 0 Å². The molecule has 4 nitrogen and oxygen atoms in total. The first-order chi connectivity index (χ1) is 29.2. The average molecular weight is 769 g/mol. The van der Waals surface area contributed by atoms with Crippen molar-refractivity contribution in [3.8, 4) is 56.5 Å². The molecule has 0 unspecified atom stereocenters. The second-order valence-electron chi connectivity index (χ2n) is 15.0. The van der Waals surface area contributed by atoms with Crippen LogP contribution in [0.5, 0.6) is 0 Å². The Balaban J connectivity index is 0.940. The molecule has 0 aliphatic rings. The van der Waals surface area contributed by atoms with Crippen LogP contribution in [0.25, 0.3) is 120 Å². The van der Waals surface area contributed by atoms with Gasteiger partial charge in [0.25, 0.3) is 0 Å². The summed E-state index contributed by atoms with van der Waals surface area (Å²) in [5.74, 6) is 1.93. The first kappa shape index (κ1) is 33.5. The van der Waals surface area contributed by atoms with Crippen molar-refractivity contribution in [2.24, 2.45) is 0 Å². The van der Waals surface area contributed by atoms with Crippen molar-refractivity contribution in [1.82, 2.24) is 19.9 Å². The van der Waals surface area contributed by atoms with Crippen LogP contribution in [0.15, 0.2) is 194 Å². The molecule has 12 aromatic rings. The van der Waals surface area contributed by atoms with Gasteiger partial charge < -0.3 is 0 Å². The molecule has 0 aliphatic carbocycles. The van der Waals surface area contributed by atoms with Crippen LogP contribution in [0, 0.1) is 0 Å². The normalized spacial score (nSPS) is 11.7. The van der Waals surface area contributed by atoms with Crippen LogP contribution in [0.1, 0.15) is 0 Å². The molecule has 3 aromatic heterocycles. The zero-order valence-corrected chi connectivity index (χ0v) is 32.5. The summed E-state index contributed by atoms with van der Waals surface area (Å²) in [5.41, 5.74) is 8.22. The Morgan fingerprint density at radius 3 is 1.46 bits per heavy atom. The predicted octanol–water partition coefficient (Wildman–Crippen LogP) is 14.6. The van der Waals surface area contributed by atoms with Gasteiger partial charge in [0.15, 0.2) is 17.5 Å². The molecule has 0 aliphatic heterocycles. The number of hydrogen-bond acceptors (Lipinski definition) is 5. The van der Waals surface area contributed by atoms with E-state index in [1.807, 2.05) is 11.3 Å². The maximum Gasteiger partial charge on any atom is 0.164 e. The van der Waals surface area contributed by atoms with Gasteiger partial charge in [-0.15, -0.1) is 11.3 Å². The van der Waals surface area contributed by atoms with Crippen molar-refractivity contribution in [3.63, 3.8) is 0 Å². The highest BCUT2D eigenvalue weighted by molar-refractivity contribution is 7.26. The highest BCUT2D eigenvalue weighted by atomic mass is 32.1. The molecule has 0 radical (unpaired) electrons. The van der Waals surface area contributed by atoms with Crippen LogP contribution < -0.4 is 0 Å². The molecule has 0 N–H and O–H groups in total. The molecule has 0 saturated heterocycles. The lowest BCUT2D eigenvalue weighted by atomic mass is 9.96. The predicted molar refractivity (Wildman–Crippen MR) is 248 cm³/mol. The number of hydrogen-bond donors (Lipinski definition) is 0. The first-order valence-corrected chi connectivity index (χ1v) is 20.6. The van der Waals surface area contributed by atoms with Crippen molar-refractivity contribution in [2.45, 2.75) is 0 Å². The zero-order chi connectivity index (χ0) is 38.9. The number of aromatic nitrogens is 4. The zero-order valence-electron chi connectivity index (χ0n) is 31.7. The topological polar surface area (TPSA) is 51.6 Å². The van der Waals surface area contributed by atoms with Crippen molar-refractivity contribution in [2.75, 3.05) is 0 Å². The van der Waals surface area contributed by atoms with Crippen LogP contribution in [-0.2, 0) is 0 Å². The van der Waals surface area contributed by atoms with Crippen molar-refractivity contribution in [1.29, 1.82) is 0 Å². The van der Waals surface area contributed by atoms with Gasteiger partial charge in [0.2, 0.25) is 0 Å². The van der Waals surface area contributed by atoms with E-state index >= 15 is 0 Å². The molecule has 0 saturated carbocycles. The molecule has 3 heterocycles. The fourth-order valence-corrected chi connectivity index (χ4v) is 9.92. The Morgan fingerprint density at radius 1 is 0.305 bits per heavy atom. The van der Waals surface area contributed by atoms with E-state index in [1.54, 1.807) is 0 Å². The molecule has 0 bridgehead atoms. The Bertz CT molecular complexity index is 3500. The third-order valence-corrected chi connectivity index (χ3v) is 12.7. The van der Waals surface area contributed by atoms with E-state index < -0.39 is 0 Å². The molecule has 0 atom stereocenters. The van der Waals surface area contributed by atoms with Gasteiger partial charge in [-0.25, -0.2) is 19.9 Å². The van der Waals surface area contributed by atoms with Crippen LogP contribution in [0.4, 0.5) is 0 Å². The van der Waals surface area contributed by atoms with E-state index in [4.69, 9.17) is 19.9 Å². The van der Waals surface area contributed by atoms with Crippen molar-refractivity contribution in [3.05, 3.63) is 194 Å². The minimum atomic E-state index is 0.634. The molecule has 274 valence electrons.